The van der Waals surface area contributed by atoms with Crippen LogP contribution >= 0.6 is 27.3 Å². The number of rotatable bonds is 4. The largest absolute Gasteiger partial charge is 0.396 e. The maximum atomic E-state index is 9.15. The van der Waals surface area contributed by atoms with Crippen molar-refractivity contribution in [3.8, 4) is 0 Å². The fourth-order valence-corrected chi connectivity index (χ4v) is 3.97. The van der Waals surface area contributed by atoms with Crippen LogP contribution in [0.5, 0.6) is 0 Å². The summed E-state index contributed by atoms with van der Waals surface area (Å²) in [5, 5.41) is 9.15. The highest BCUT2D eigenvalue weighted by atomic mass is 79.9. The van der Waals surface area contributed by atoms with Crippen LogP contribution < -0.4 is 5.73 Å². The topological polar surface area (TPSA) is 49.5 Å². The Morgan fingerprint density at radius 1 is 1.47 bits per heavy atom. The van der Waals surface area contributed by atoms with Gasteiger partial charge in [-0.2, -0.15) is 0 Å². The van der Waals surface area contributed by atoms with Gasteiger partial charge in [-0.15, -0.1) is 11.3 Å². The van der Waals surface area contributed by atoms with Crippen LogP contribution in [0, 0.1) is 5.92 Å². The summed E-state index contributed by atoms with van der Waals surface area (Å²) in [5.41, 5.74) is 5.91. The summed E-state index contributed by atoms with van der Waals surface area (Å²) in [6, 6.07) is 4.58. The minimum Gasteiger partial charge on any atom is -0.396 e. The van der Waals surface area contributed by atoms with Crippen LogP contribution in [0.15, 0.2) is 15.9 Å². The molecule has 0 saturated carbocycles. The van der Waals surface area contributed by atoms with Gasteiger partial charge < -0.3 is 10.8 Å². The molecule has 1 fully saturated rings. The molecule has 5 heteroatoms. The van der Waals surface area contributed by atoms with Crippen molar-refractivity contribution in [1.29, 1.82) is 0 Å². The van der Waals surface area contributed by atoms with Crippen molar-refractivity contribution in [2.45, 2.75) is 18.9 Å². The van der Waals surface area contributed by atoms with Crippen LogP contribution in [-0.2, 0) is 0 Å². The van der Waals surface area contributed by atoms with E-state index in [9.17, 15) is 0 Å². The first-order valence-electron chi connectivity index (χ1n) is 6.04. The summed E-state index contributed by atoms with van der Waals surface area (Å²) < 4.78 is 1.16. The molecular weight excluding hydrogens is 300 g/mol. The third kappa shape index (κ3) is 3.29. The van der Waals surface area contributed by atoms with Gasteiger partial charge in [0.2, 0.25) is 0 Å². The van der Waals surface area contributed by atoms with Gasteiger partial charge in [0.1, 0.15) is 0 Å². The van der Waals surface area contributed by atoms with Crippen LogP contribution in [-0.4, -0.2) is 36.2 Å². The molecule has 17 heavy (non-hydrogen) atoms. The van der Waals surface area contributed by atoms with Gasteiger partial charge in [-0.25, -0.2) is 0 Å². The average molecular weight is 319 g/mol. The third-order valence-electron chi connectivity index (χ3n) is 3.49. The number of piperidine rings is 1. The number of aliphatic hydroxyl groups excluding tert-OH is 1. The molecule has 96 valence electrons. The van der Waals surface area contributed by atoms with Crippen molar-refractivity contribution in [3.63, 3.8) is 0 Å². The van der Waals surface area contributed by atoms with Gasteiger partial charge in [-0.3, -0.25) is 4.90 Å². The van der Waals surface area contributed by atoms with Gasteiger partial charge in [0, 0.05) is 18.0 Å². The molecule has 3 nitrogen and oxygen atoms in total. The maximum Gasteiger partial charge on any atom is 0.0702 e. The summed E-state index contributed by atoms with van der Waals surface area (Å²) in [6.45, 7) is 3.08. The zero-order valence-electron chi connectivity index (χ0n) is 9.81. The fraction of sp³-hybridized carbons (Fsp3) is 0.667. The first-order chi connectivity index (χ1) is 8.24. The summed E-state index contributed by atoms with van der Waals surface area (Å²) >= 11 is 5.27. The van der Waals surface area contributed by atoms with Crippen molar-refractivity contribution in [1.82, 2.24) is 4.90 Å². The maximum absolute atomic E-state index is 9.15. The Kier molecular flexibility index (Phi) is 4.99. The molecule has 0 aromatic carbocycles. The Labute approximate surface area is 115 Å². The Morgan fingerprint density at radius 3 is 2.65 bits per heavy atom. The van der Waals surface area contributed by atoms with E-state index < -0.39 is 0 Å². The SMILES string of the molecule is NCC(c1ccc(Br)s1)N1CCC(CO)CC1. The molecule has 1 saturated heterocycles. The lowest BCUT2D eigenvalue weighted by atomic mass is 9.96. The Hall–Kier alpha value is 0.0600. The molecule has 0 radical (unpaired) electrons. The number of thiophene rings is 1. The van der Waals surface area contributed by atoms with E-state index in [1.165, 1.54) is 4.88 Å². The first kappa shape index (κ1) is 13.5. The lowest BCUT2D eigenvalue weighted by molar-refractivity contribution is 0.104. The Bertz CT molecular complexity index is 350. The molecular formula is C12H19BrN2OS. The van der Waals surface area contributed by atoms with Crippen LogP contribution in [0.2, 0.25) is 0 Å². The zero-order valence-corrected chi connectivity index (χ0v) is 12.2. The van der Waals surface area contributed by atoms with E-state index in [2.05, 4.69) is 33.0 Å². The van der Waals surface area contributed by atoms with Gasteiger partial charge in [0.05, 0.1) is 9.83 Å². The van der Waals surface area contributed by atoms with E-state index in [1.807, 2.05) is 0 Å². The first-order valence-corrected chi connectivity index (χ1v) is 7.65. The third-order valence-corrected chi connectivity index (χ3v) is 5.22. The molecule has 0 aliphatic carbocycles. The number of hydrogen-bond acceptors (Lipinski definition) is 4. The molecule has 2 rings (SSSR count). The lowest BCUT2D eigenvalue weighted by Gasteiger charge is -2.36. The predicted octanol–water partition coefficient (Wildman–Crippen LogP) is 2.21. The molecule has 1 atom stereocenters. The second-order valence-electron chi connectivity index (χ2n) is 4.56. The lowest BCUT2D eigenvalue weighted by Crippen LogP contribution is -2.40. The van der Waals surface area contributed by atoms with E-state index in [1.54, 1.807) is 11.3 Å². The van der Waals surface area contributed by atoms with E-state index in [4.69, 9.17) is 10.8 Å². The molecule has 1 aliphatic rings. The average Bonchev–Trinajstić information content (AvgIpc) is 2.78. The minimum atomic E-state index is 0.325. The summed E-state index contributed by atoms with van der Waals surface area (Å²) in [6.07, 6.45) is 2.17. The highest BCUT2D eigenvalue weighted by Crippen LogP contribution is 2.32. The van der Waals surface area contributed by atoms with Gasteiger partial charge in [-0.05, 0) is 59.9 Å². The van der Waals surface area contributed by atoms with Gasteiger partial charge >= 0.3 is 0 Å². The van der Waals surface area contributed by atoms with Crippen LogP contribution in [0.4, 0.5) is 0 Å². The highest BCUT2D eigenvalue weighted by Gasteiger charge is 2.25. The van der Waals surface area contributed by atoms with Gasteiger partial charge in [-0.1, -0.05) is 0 Å². The minimum absolute atomic E-state index is 0.325. The molecule has 1 aromatic rings. The number of hydrogen-bond donors (Lipinski definition) is 2. The molecule has 2 heterocycles. The van der Waals surface area contributed by atoms with Gasteiger partial charge in [0.15, 0.2) is 0 Å². The number of aliphatic hydroxyl groups is 1. The number of halogens is 1. The molecule has 0 amide bonds. The number of likely N-dealkylation sites (tertiary alicyclic amines) is 1. The smallest absolute Gasteiger partial charge is 0.0702 e. The fourth-order valence-electron chi connectivity index (χ4n) is 2.40. The quantitative estimate of drug-likeness (QED) is 0.895. The molecule has 1 unspecified atom stereocenters. The van der Waals surface area contributed by atoms with Crippen molar-refractivity contribution >= 4 is 27.3 Å². The second kappa shape index (κ2) is 6.29. The Balaban J connectivity index is 2.00. The summed E-state index contributed by atoms with van der Waals surface area (Å²) in [7, 11) is 0. The Morgan fingerprint density at radius 2 is 2.18 bits per heavy atom. The molecule has 0 spiro atoms. The molecule has 3 N–H and O–H groups in total. The molecule has 1 aromatic heterocycles. The van der Waals surface area contributed by atoms with E-state index in [-0.39, 0.29) is 0 Å². The monoisotopic (exact) mass is 318 g/mol. The second-order valence-corrected chi connectivity index (χ2v) is 7.05. The predicted molar refractivity (Wildman–Crippen MR) is 75.2 cm³/mol. The summed E-state index contributed by atoms with van der Waals surface area (Å²) in [5.74, 6) is 0.486. The van der Waals surface area contributed by atoms with Crippen LogP contribution in [0.3, 0.4) is 0 Å². The van der Waals surface area contributed by atoms with Crippen LogP contribution in [0.25, 0.3) is 0 Å². The van der Waals surface area contributed by atoms with Crippen LogP contribution in [0.1, 0.15) is 23.8 Å². The molecule has 1 aliphatic heterocycles. The van der Waals surface area contributed by atoms with E-state index in [0.717, 1.165) is 29.7 Å². The van der Waals surface area contributed by atoms with Crippen molar-refractivity contribution in [2.24, 2.45) is 11.7 Å². The summed E-state index contributed by atoms with van der Waals surface area (Å²) in [4.78, 5) is 3.78. The zero-order chi connectivity index (χ0) is 12.3. The number of nitrogens with two attached hydrogens (primary N) is 1. The normalized spacial score (nSPS) is 20.6. The number of nitrogens with zero attached hydrogens (tertiary/aromatic N) is 1. The van der Waals surface area contributed by atoms with Crippen molar-refractivity contribution in [3.05, 3.63) is 20.8 Å². The van der Waals surface area contributed by atoms with Crippen molar-refractivity contribution in [2.75, 3.05) is 26.2 Å². The van der Waals surface area contributed by atoms with Crippen molar-refractivity contribution < 1.29 is 5.11 Å². The standard InChI is InChI=1S/C12H19BrN2OS/c13-12-2-1-11(17-12)10(7-14)15-5-3-9(8-16)4-6-15/h1-2,9-10,16H,3-8,14H2. The van der Waals surface area contributed by atoms with E-state index >= 15 is 0 Å². The van der Waals surface area contributed by atoms with Gasteiger partial charge in [0.25, 0.3) is 0 Å². The van der Waals surface area contributed by atoms with E-state index in [0.29, 0.717) is 25.1 Å². The highest BCUT2D eigenvalue weighted by molar-refractivity contribution is 9.11. The molecule has 0 bridgehead atoms.